The number of carbonyl (C=O) groups excluding carboxylic acids is 3. The van der Waals surface area contributed by atoms with Crippen LogP contribution in [0.2, 0.25) is 5.02 Å². The summed E-state index contributed by atoms with van der Waals surface area (Å²) in [6.45, 7) is 10.7. The number of nitrogens with zero attached hydrogens (tertiary/aromatic N) is 4. The monoisotopic (exact) mass is 810 g/mol. The summed E-state index contributed by atoms with van der Waals surface area (Å²) in [5.41, 5.74) is 1.76. The molecule has 2 fully saturated rings. The molecule has 6 rings (SSSR count). The van der Waals surface area contributed by atoms with Crippen molar-refractivity contribution >= 4 is 41.0 Å². The first kappa shape index (κ1) is 41.3. The molecule has 13 nitrogen and oxygen atoms in total. The molecule has 57 heavy (non-hydrogen) atoms. The van der Waals surface area contributed by atoms with Crippen LogP contribution in [0.1, 0.15) is 62.8 Å². The predicted molar refractivity (Wildman–Crippen MR) is 210 cm³/mol. The summed E-state index contributed by atoms with van der Waals surface area (Å²) in [7, 11) is 1.25. The van der Waals surface area contributed by atoms with Gasteiger partial charge >= 0.3 is 12.5 Å². The summed E-state index contributed by atoms with van der Waals surface area (Å²) in [4.78, 5) is 55.4. The van der Waals surface area contributed by atoms with E-state index in [0.717, 1.165) is 32.1 Å². The van der Waals surface area contributed by atoms with Gasteiger partial charge in [-0.25, -0.2) is 14.8 Å². The van der Waals surface area contributed by atoms with Gasteiger partial charge in [0.25, 0.3) is 5.91 Å². The number of imidazole rings is 1. The number of alkyl halides is 3. The van der Waals surface area contributed by atoms with Gasteiger partial charge in [0.1, 0.15) is 23.4 Å². The number of likely N-dealkylation sites (tertiary alicyclic amines) is 1. The molecular weight excluding hydrogens is 765 g/mol. The van der Waals surface area contributed by atoms with Gasteiger partial charge in [0, 0.05) is 61.8 Å². The van der Waals surface area contributed by atoms with E-state index in [2.05, 4.69) is 49.4 Å². The number of halogens is 4. The van der Waals surface area contributed by atoms with Gasteiger partial charge in [-0.3, -0.25) is 9.59 Å². The van der Waals surface area contributed by atoms with E-state index in [1.165, 1.54) is 19.4 Å². The number of pyridine rings is 1. The zero-order chi connectivity index (χ0) is 41.0. The average molecular weight is 811 g/mol. The molecule has 2 aliphatic rings. The van der Waals surface area contributed by atoms with E-state index in [1.807, 2.05) is 13.8 Å². The van der Waals surface area contributed by atoms with Crippen LogP contribution >= 0.6 is 11.6 Å². The summed E-state index contributed by atoms with van der Waals surface area (Å²) in [6.07, 6.45) is -1.09. The van der Waals surface area contributed by atoms with Crippen molar-refractivity contribution in [1.82, 2.24) is 30.5 Å². The Morgan fingerprint density at radius 2 is 1.77 bits per heavy atom. The molecule has 0 saturated carbocycles. The topological polar surface area (TPSA) is 154 Å². The Bertz CT molecular complexity index is 2060. The van der Waals surface area contributed by atoms with Crippen molar-refractivity contribution in [3.63, 3.8) is 0 Å². The lowest BCUT2D eigenvalue weighted by molar-refractivity contribution is -0.274. The maximum Gasteiger partial charge on any atom is 0.573 e. The molecule has 4 aromatic rings. The van der Waals surface area contributed by atoms with E-state index in [9.17, 15) is 27.6 Å². The number of amides is 3. The number of benzene rings is 2. The van der Waals surface area contributed by atoms with Crippen LogP contribution in [0.15, 0.2) is 60.9 Å². The summed E-state index contributed by atoms with van der Waals surface area (Å²) < 4.78 is 50.3. The number of piperidine rings is 1. The number of rotatable bonds is 10. The van der Waals surface area contributed by atoms with Gasteiger partial charge in [0.2, 0.25) is 5.91 Å². The van der Waals surface area contributed by atoms with Gasteiger partial charge in [0.15, 0.2) is 0 Å². The van der Waals surface area contributed by atoms with E-state index < -0.39 is 30.2 Å². The van der Waals surface area contributed by atoms with Crippen molar-refractivity contribution in [3.05, 3.63) is 77.3 Å². The zero-order valence-electron chi connectivity index (χ0n) is 32.2. The second-order valence-corrected chi connectivity index (χ2v) is 15.2. The first-order chi connectivity index (χ1) is 27.1. The van der Waals surface area contributed by atoms with Gasteiger partial charge in [-0.15, -0.1) is 13.2 Å². The molecule has 3 amide bonds. The first-order valence-electron chi connectivity index (χ1n) is 18.8. The maximum atomic E-state index is 13.8. The molecule has 4 N–H and O–H groups in total. The van der Waals surface area contributed by atoms with Gasteiger partial charge in [-0.1, -0.05) is 56.6 Å². The fraction of sp³-hybridized carbons (Fsp3) is 0.425. The lowest BCUT2D eigenvalue weighted by atomic mass is 9.91. The first-order valence-corrected chi connectivity index (χ1v) is 19.1. The number of ether oxygens (including phenoxy) is 2. The van der Waals surface area contributed by atoms with Crippen LogP contribution in [-0.2, 0) is 9.53 Å². The van der Waals surface area contributed by atoms with E-state index in [4.69, 9.17) is 21.3 Å². The molecule has 0 spiro atoms. The van der Waals surface area contributed by atoms with E-state index in [0.29, 0.717) is 41.4 Å². The van der Waals surface area contributed by atoms with Crippen molar-refractivity contribution in [3.8, 4) is 28.1 Å². The molecule has 4 atom stereocenters. The number of H-pyrrole nitrogens is 1. The molecule has 2 aliphatic heterocycles. The number of hydrogen-bond donors (Lipinski definition) is 4. The van der Waals surface area contributed by atoms with Crippen molar-refractivity contribution < 1.29 is 37.0 Å². The Hall–Kier alpha value is -5.35. The van der Waals surface area contributed by atoms with E-state index in [-0.39, 0.29) is 51.7 Å². The van der Waals surface area contributed by atoms with Crippen LogP contribution in [-0.4, -0.2) is 89.5 Å². The summed E-state index contributed by atoms with van der Waals surface area (Å²) >= 11 is 6.56. The minimum Gasteiger partial charge on any atom is -0.453 e. The second kappa shape index (κ2) is 17.4. The fourth-order valence-corrected chi connectivity index (χ4v) is 7.40. The fourth-order valence-electron chi connectivity index (χ4n) is 7.18. The third-order valence-corrected chi connectivity index (χ3v) is 10.6. The molecule has 4 heterocycles. The van der Waals surface area contributed by atoms with E-state index >= 15 is 0 Å². The lowest BCUT2D eigenvalue weighted by Gasteiger charge is -2.40. The van der Waals surface area contributed by atoms with Crippen molar-refractivity contribution in [2.24, 2.45) is 11.8 Å². The molecule has 304 valence electrons. The molecule has 17 heteroatoms. The highest BCUT2D eigenvalue weighted by Crippen LogP contribution is 2.41. The smallest absolute Gasteiger partial charge is 0.453 e. The third kappa shape index (κ3) is 9.79. The molecule has 2 aromatic heterocycles. The number of carbonyl (C=O) groups is 3. The predicted octanol–water partition coefficient (Wildman–Crippen LogP) is 7.42. The summed E-state index contributed by atoms with van der Waals surface area (Å²) in [5.74, 6) is -0.0699. The third-order valence-electron chi connectivity index (χ3n) is 10.2. The standard InChI is InChI=1S/C40H46ClF3N8O5/c1-22(2)35(50-39(55)56-5)38(54)52-21-23(3)6-12-32(52)36-47-20-31(48-36)26-9-7-25(8-10-26)28-16-29(41)30(17-33(28)57-40(42,43)44)49-37(53)27-11-13-34(46-19-27)51-15-14-45-18-24(51)4/h7-11,13,16-17,19-20,22-24,32,35,45H,6,12,14-15,18,21H2,1-5H3,(H,47,48)(H,49,53)(H,50,55)/t23-,24+,32-,35-/m0/s1. The van der Waals surface area contributed by atoms with Gasteiger partial charge in [-0.05, 0) is 55.4 Å². The molecule has 2 saturated heterocycles. The molecule has 0 bridgehead atoms. The highest BCUT2D eigenvalue weighted by Gasteiger charge is 2.38. The van der Waals surface area contributed by atoms with E-state index in [1.54, 1.807) is 47.5 Å². The summed E-state index contributed by atoms with van der Waals surface area (Å²) in [5, 5.41) is 8.56. The Kier molecular flexibility index (Phi) is 12.6. The molecule has 0 aliphatic carbocycles. The Labute approximate surface area is 333 Å². The summed E-state index contributed by atoms with van der Waals surface area (Å²) in [6, 6.07) is 11.4. The number of hydrogen-bond acceptors (Lipinski definition) is 9. The Morgan fingerprint density at radius 1 is 1.04 bits per heavy atom. The normalized spacial score (nSPS) is 19.2. The maximum absolute atomic E-state index is 13.8. The SMILES string of the molecule is COC(=O)N[C@H](C(=O)N1C[C@@H](C)CC[C@H]1c1nc(-c2ccc(-c3cc(Cl)c(NC(=O)c4ccc(N5CCNC[C@H]5C)nc4)cc3OC(F)(F)F)cc2)c[nH]1)C(C)C. The van der Waals surface area contributed by atoms with Crippen LogP contribution in [0.3, 0.4) is 0 Å². The van der Waals surface area contributed by atoms with Crippen LogP contribution in [0, 0.1) is 11.8 Å². The largest absolute Gasteiger partial charge is 0.573 e. The van der Waals surface area contributed by atoms with Crippen LogP contribution in [0.5, 0.6) is 5.75 Å². The quantitative estimate of drug-likeness (QED) is 0.128. The number of aromatic nitrogens is 3. The number of aromatic amines is 1. The minimum atomic E-state index is -5.03. The van der Waals surface area contributed by atoms with Crippen molar-refractivity contribution in [2.75, 3.05) is 43.5 Å². The zero-order valence-corrected chi connectivity index (χ0v) is 33.0. The number of nitrogens with one attached hydrogen (secondary N) is 4. The lowest BCUT2D eigenvalue weighted by Crippen LogP contribution is -2.54. The number of anilines is 2. The Morgan fingerprint density at radius 3 is 2.42 bits per heavy atom. The average Bonchev–Trinajstić information content (AvgIpc) is 3.67. The highest BCUT2D eigenvalue weighted by atomic mass is 35.5. The number of methoxy groups -OCH3 is 1. The van der Waals surface area contributed by atoms with Gasteiger partial charge < -0.3 is 40.2 Å². The molecule has 2 aromatic carbocycles. The highest BCUT2D eigenvalue weighted by molar-refractivity contribution is 6.34. The minimum absolute atomic E-state index is 0.00416. The van der Waals surface area contributed by atoms with Crippen LogP contribution in [0.25, 0.3) is 22.4 Å². The number of piperazine rings is 1. The molecule has 0 radical (unpaired) electrons. The number of alkyl carbamates (subject to hydrolysis) is 1. The Balaban J connectivity index is 1.21. The van der Waals surface area contributed by atoms with Gasteiger partial charge in [-0.2, -0.15) is 0 Å². The molecular formula is C40H46ClF3N8O5. The van der Waals surface area contributed by atoms with Crippen molar-refractivity contribution in [1.29, 1.82) is 0 Å². The van der Waals surface area contributed by atoms with Crippen molar-refractivity contribution in [2.45, 2.75) is 65.0 Å². The molecule has 0 unspecified atom stereocenters. The van der Waals surface area contributed by atoms with Crippen LogP contribution < -0.4 is 25.6 Å². The second-order valence-electron chi connectivity index (χ2n) is 14.8. The van der Waals surface area contributed by atoms with Crippen LogP contribution in [0.4, 0.5) is 29.5 Å². The van der Waals surface area contributed by atoms with Gasteiger partial charge in [0.05, 0.1) is 35.1 Å².